The standard InChI is InChI=1S/C27H25N3O4/c1-16-13-20(17(2)28-23-12-8-7-11-19(23)27(33)34)21-15-24(30(3)26(32)22(21)14-16)25(31)29-18-9-5-4-6-10-18/h4-15,17,28H,1-3H3,(H,29,31)(H,33,34). The lowest BCUT2D eigenvalue weighted by atomic mass is 9.96. The monoisotopic (exact) mass is 455 g/mol. The Morgan fingerprint density at radius 3 is 2.32 bits per heavy atom. The first-order valence-corrected chi connectivity index (χ1v) is 10.9. The predicted molar refractivity (Wildman–Crippen MR) is 134 cm³/mol. The van der Waals surface area contributed by atoms with Gasteiger partial charge in [-0.25, -0.2) is 4.79 Å². The number of carbonyl (C=O) groups is 2. The molecule has 1 amide bonds. The molecule has 1 heterocycles. The van der Waals surface area contributed by atoms with Crippen LogP contribution in [0.4, 0.5) is 11.4 Å². The van der Waals surface area contributed by atoms with E-state index in [1.165, 1.54) is 10.6 Å². The zero-order valence-electron chi connectivity index (χ0n) is 19.1. The highest BCUT2D eigenvalue weighted by atomic mass is 16.4. The van der Waals surface area contributed by atoms with E-state index < -0.39 is 11.9 Å². The minimum absolute atomic E-state index is 0.158. The number of hydrogen-bond acceptors (Lipinski definition) is 4. The molecule has 1 atom stereocenters. The van der Waals surface area contributed by atoms with Crippen LogP contribution < -0.4 is 16.2 Å². The fourth-order valence-corrected chi connectivity index (χ4v) is 4.09. The molecular formula is C27H25N3O4. The van der Waals surface area contributed by atoms with E-state index >= 15 is 0 Å². The average Bonchev–Trinajstić information content (AvgIpc) is 2.82. The van der Waals surface area contributed by atoms with Gasteiger partial charge in [-0.15, -0.1) is 0 Å². The molecule has 172 valence electrons. The number of pyridine rings is 1. The zero-order chi connectivity index (χ0) is 24.4. The topological polar surface area (TPSA) is 100 Å². The number of amides is 1. The molecule has 3 aromatic carbocycles. The van der Waals surface area contributed by atoms with E-state index in [1.807, 2.05) is 38.1 Å². The lowest BCUT2D eigenvalue weighted by Gasteiger charge is -2.21. The van der Waals surface area contributed by atoms with Crippen molar-refractivity contribution in [3.63, 3.8) is 0 Å². The highest BCUT2D eigenvalue weighted by Gasteiger charge is 2.19. The molecule has 4 rings (SSSR count). The smallest absolute Gasteiger partial charge is 0.337 e. The molecule has 0 aliphatic rings. The number of fused-ring (bicyclic) bond motifs is 1. The van der Waals surface area contributed by atoms with Crippen molar-refractivity contribution < 1.29 is 14.7 Å². The van der Waals surface area contributed by atoms with E-state index in [4.69, 9.17) is 0 Å². The van der Waals surface area contributed by atoms with E-state index in [1.54, 1.807) is 49.5 Å². The highest BCUT2D eigenvalue weighted by Crippen LogP contribution is 2.29. The average molecular weight is 456 g/mol. The summed E-state index contributed by atoms with van der Waals surface area (Å²) < 4.78 is 1.35. The number of anilines is 2. The Morgan fingerprint density at radius 1 is 0.941 bits per heavy atom. The summed E-state index contributed by atoms with van der Waals surface area (Å²) in [5.74, 6) is -1.42. The van der Waals surface area contributed by atoms with Gasteiger partial charge in [0.15, 0.2) is 0 Å². The molecule has 0 spiro atoms. The van der Waals surface area contributed by atoms with Crippen LogP contribution in [-0.4, -0.2) is 21.6 Å². The number of aromatic nitrogens is 1. The van der Waals surface area contributed by atoms with Gasteiger partial charge in [-0.1, -0.05) is 36.4 Å². The van der Waals surface area contributed by atoms with Gasteiger partial charge in [-0.2, -0.15) is 0 Å². The van der Waals surface area contributed by atoms with Crippen LogP contribution in [-0.2, 0) is 7.05 Å². The molecule has 0 aliphatic heterocycles. The van der Waals surface area contributed by atoms with Gasteiger partial charge in [0, 0.05) is 29.9 Å². The molecular weight excluding hydrogens is 430 g/mol. The molecule has 3 N–H and O–H groups in total. The van der Waals surface area contributed by atoms with E-state index in [9.17, 15) is 19.5 Å². The van der Waals surface area contributed by atoms with E-state index in [0.29, 0.717) is 22.1 Å². The van der Waals surface area contributed by atoms with E-state index in [-0.39, 0.29) is 22.9 Å². The van der Waals surface area contributed by atoms with Crippen LogP contribution in [0, 0.1) is 6.92 Å². The number of carboxylic acid groups (broad SMARTS) is 1. The number of hydrogen-bond donors (Lipinski definition) is 3. The van der Waals surface area contributed by atoms with Crippen molar-refractivity contribution in [3.8, 4) is 0 Å². The number of carbonyl (C=O) groups excluding carboxylic acids is 1. The fourth-order valence-electron chi connectivity index (χ4n) is 4.09. The molecule has 7 heteroatoms. The van der Waals surface area contributed by atoms with Gasteiger partial charge in [0.1, 0.15) is 5.69 Å². The summed E-state index contributed by atoms with van der Waals surface area (Å²) in [5.41, 5.74) is 2.89. The second-order valence-corrected chi connectivity index (χ2v) is 8.25. The van der Waals surface area contributed by atoms with Crippen LogP contribution in [0.2, 0.25) is 0 Å². The second-order valence-electron chi connectivity index (χ2n) is 8.25. The Balaban J connectivity index is 1.80. The van der Waals surface area contributed by atoms with Crippen molar-refractivity contribution >= 4 is 34.0 Å². The zero-order valence-corrected chi connectivity index (χ0v) is 19.1. The number of aryl methyl sites for hydroxylation is 1. The third-order valence-corrected chi connectivity index (χ3v) is 5.79. The number of nitrogens with one attached hydrogen (secondary N) is 2. The van der Waals surface area contributed by atoms with Crippen LogP contribution in [0.3, 0.4) is 0 Å². The third-order valence-electron chi connectivity index (χ3n) is 5.79. The van der Waals surface area contributed by atoms with Crippen molar-refractivity contribution in [3.05, 3.63) is 106 Å². The SMILES string of the molecule is Cc1cc(C(C)Nc2ccccc2C(=O)O)c2cc(C(=O)Nc3ccccc3)n(C)c(=O)c2c1. The van der Waals surface area contributed by atoms with Crippen LogP contribution in [0.1, 0.15) is 44.9 Å². The van der Waals surface area contributed by atoms with Crippen molar-refractivity contribution in [2.24, 2.45) is 7.05 Å². The molecule has 0 bridgehead atoms. The van der Waals surface area contributed by atoms with Crippen LogP contribution in [0.5, 0.6) is 0 Å². The Labute approximate surface area is 196 Å². The maximum atomic E-state index is 13.2. The molecule has 1 unspecified atom stereocenters. The third kappa shape index (κ3) is 4.41. The molecule has 4 aromatic rings. The summed E-state index contributed by atoms with van der Waals surface area (Å²) in [5, 5.41) is 16.7. The number of rotatable bonds is 6. The van der Waals surface area contributed by atoms with Crippen molar-refractivity contribution in [2.45, 2.75) is 19.9 Å². The summed E-state index contributed by atoms with van der Waals surface area (Å²) in [6, 6.07) is 20.8. The Hall–Kier alpha value is -4.39. The van der Waals surface area contributed by atoms with Crippen molar-refractivity contribution in [2.75, 3.05) is 10.6 Å². The first kappa shape index (κ1) is 22.8. The molecule has 7 nitrogen and oxygen atoms in total. The molecule has 0 radical (unpaired) electrons. The largest absolute Gasteiger partial charge is 0.478 e. The number of aromatic carboxylic acids is 1. The van der Waals surface area contributed by atoms with E-state index in [2.05, 4.69) is 10.6 Å². The number of carboxylic acids is 1. The molecule has 0 saturated heterocycles. The lowest BCUT2D eigenvalue weighted by molar-refractivity contribution is 0.0697. The quantitative estimate of drug-likeness (QED) is 0.381. The second kappa shape index (κ2) is 9.23. The number of nitrogens with zero attached hydrogens (tertiary/aromatic N) is 1. The molecule has 1 aromatic heterocycles. The summed E-state index contributed by atoms with van der Waals surface area (Å²) in [6.45, 7) is 3.80. The van der Waals surface area contributed by atoms with Gasteiger partial charge < -0.3 is 20.3 Å². The van der Waals surface area contributed by atoms with Gasteiger partial charge in [0.05, 0.1) is 5.56 Å². The Kier molecular flexibility index (Phi) is 6.19. The van der Waals surface area contributed by atoms with Crippen LogP contribution >= 0.6 is 0 Å². The minimum Gasteiger partial charge on any atom is -0.478 e. The highest BCUT2D eigenvalue weighted by molar-refractivity contribution is 6.05. The van der Waals surface area contributed by atoms with Gasteiger partial charge in [0.25, 0.3) is 11.5 Å². The van der Waals surface area contributed by atoms with Crippen molar-refractivity contribution in [1.82, 2.24) is 4.57 Å². The first-order chi connectivity index (χ1) is 16.3. The summed E-state index contributed by atoms with van der Waals surface area (Å²) in [4.78, 5) is 37.9. The predicted octanol–water partition coefficient (Wildman–Crippen LogP) is 4.97. The molecule has 34 heavy (non-hydrogen) atoms. The van der Waals surface area contributed by atoms with Gasteiger partial charge >= 0.3 is 5.97 Å². The summed E-state index contributed by atoms with van der Waals surface area (Å²) >= 11 is 0. The minimum atomic E-state index is -1.03. The Morgan fingerprint density at radius 2 is 1.62 bits per heavy atom. The maximum absolute atomic E-state index is 13.2. The van der Waals surface area contributed by atoms with E-state index in [0.717, 1.165) is 11.1 Å². The summed E-state index contributed by atoms with van der Waals surface area (Å²) in [6.07, 6.45) is 0. The van der Waals surface area contributed by atoms with Gasteiger partial charge in [-0.3, -0.25) is 9.59 Å². The Bertz CT molecular complexity index is 1460. The molecule has 0 aliphatic carbocycles. The fraction of sp³-hybridized carbons (Fsp3) is 0.148. The van der Waals surface area contributed by atoms with Gasteiger partial charge in [-0.05, 0) is 66.8 Å². The number of benzene rings is 3. The van der Waals surface area contributed by atoms with Crippen LogP contribution in [0.25, 0.3) is 10.8 Å². The van der Waals surface area contributed by atoms with Gasteiger partial charge in [0.2, 0.25) is 0 Å². The van der Waals surface area contributed by atoms with Crippen molar-refractivity contribution in [1.29, 1.82) is 0 Å². The molecule has 0 saturated carbocycles. The normalized spacial score (nSPS) is 11.7. The lowest BCUT2D eigenvalue weighted by Crippen LogP contribution is -2.27. The first-order valence-electron chi connectivity index (χ1n) is 10.9. The summed E-state index contributed by atoms with van der Waals surface area (Å²) in [7, 11) is 1.58. The number of para-hydroxylation sites is 2. The van der Waals surface area contributed by atoms with Crippen LogP contribution in [0.15, 0.2) is 77.6 Å². The maximum Gasteiger partial charge on any atom is 0.337 e. The molecule has 0 fully saturated rings.